The number of hydrogen-bond acceptors (Lipinski definition) is 3. The average molecular weight is 225 g/mol. The Morgan fingerprint density at radius 3 is 2.94 bits per heavy atom. The molecule has 0 spiro atoms. The molecule has 0 aromatic carbocycles. The van der Waals surface area contributed by atoms with E-state index in [0.29, 0.717) is 0 Å². The fourth-order valence-corrected chi connectivity index (χ4v) is 1.81. The van der Waals surface area contributed by atoms with Crippen molar-refractivity contribution in [2.75, 3.05) is 0 Å². The average Bonchev–Trinajstić information content (AvgIpc) is 3.22. The Morgan fingerprint density at radius 2 is 2.18 bits per heavy atom. The van der Waals surface area contributed by atoms with E-state index in [2.05, 4.69) is 21.4 Å². The SMILES string of the molecule is c1ccc(-c2cncc(CNC3CC3)c2)nc1. The van der Waals surface area contributed by atoms with Gasteiger partial charge in [0.2, 0.25) is 0 Å². The summed E-state index contributed by atoms with van der Waals surface area (Å²) in [6.07, 6.45) is 8.22. The van der Waals surface area contributed by atoms with Crippen LogP contribution in [0, 0.1) is 0 Å². The van der Waals surface area contributed by atoms with Gasteiger partial charge in [0.05, 0.1) is 5.69 Å². The molecule has 0 aliphatic heterocycles. The highest BCUT2D eigenvalue weighted by atomic mass is 14.9. The third-order valence-corrected chi connectivity index (χ3v) is 2.93. The van der Waals surface area contributed by atoms with Crippen molar-refractivity contribution < 1.29 is 0 Å². The predicted molar refractivity (Wildman–Crippen MR) is 67.3 cm³/mol. The Kier molecular flexibility index (Phi) is 2.84. The largest absolute Gasteiger partial charge is 0.310 e. The first-order valence-electron chi connectivity index (χ1n) is 6.00. The fraction of sp³-hybridized carbons (Fsp3) is 0.286. The van der Waals surface area contributed by atoms with Gasteiger partial charge in [0, 0.05) is 36.7 Å². The van der Waals surface area contributed by atoms with Crippen LogP contribution in [-0.2, 0) is 6.54 Å². The number of nitrogens with one attached hydrogen (secondary N) is 1. The first-order valence-corrected chi connectivity index (χ1v) is 6.00. The van der Waals surface area contributed by atoms with Gasteiger partial charge in [-0.3, -0.25) is 9.97 Å². The molecule has 0 unspecified atom stereocenters. The number of pyridine rings is 2. The molecule has 2 heterocycles. The normalized spacial score (nSPS) is 14.8. The molecule has 0 amide bonds. The zero-order chi connectivity index (χ0) is 11.5. The van der Waals surface area contributed by atoms with Crippen LogP contribution in [0.15, 0.2) is 42.9 Å². The van der Waals surface area contributed by atoms with Gasteiger partial charge in [-0.1, -0.05) is 6.07 Å². The quantitative estimate of drug-likeness (QED) is 0.868. The molecule has 0 saturated heterocycles. The first-order chi connectivity index (χ1) is 8.42. The minimum atomic E-state index is 0.730. The van der Waals surface area contributed by atoms with E-state index in [-0.39, 0.29) is 0 Å². The first kappa shape index (κ1) is 10.4. The highest BCUT2D eigenvalue weighted by Crippen LogP contribution is 2.20. The highest BCUT2D eigenvalue weighted by Gasteiger charge is 2.19. The van der Waals surface area contributed by atoms with Crippen molar-refractivity contribution in [3.05, 3.63) is 48.4 Å². The van der Waals surface area contributed by atoms with Crippen LogP contribution in [0.25, 0.3) is 11.3 Å². The summed E-state index contributed by atoms with van der Waals surface area (Å²) in [6.45, 7) is 0.901. The molecule has 3 nitrogen and oxygen atoms in total. The van der Waals surface area contributed by atoms with E-state index in [0.717, 1.165) is 23.8 Å². The second-order valence-electron chi connectivity index (χ2n) is 4.45. The highest BCUT2D eigenvalue weighted by molar-refractivity contribution is 5.58. The maximum Gasteiger partial charge on any atom is 0.0717 e. The molecular weight excluding hydrogens is 210 g/mol. The number of nitrogens with zero attached hydrogens (tertiary/aromatic N) is 2. The Morgan fingerprint density at radius 1 is 1.24 bits per heavy atom. The molecule has 0 radical (unpaired) electrons. The Balaban J connectivity index is 1.78. The van der Waals surface area contributed by atoms with E-state index >= 15 is 0 Å². The molecule has 3 rings (SSSR count). The third kappa shape index (κ3) is 2.68. The lowest BCUT2D eigenvalue weighted by Crippen LogP contribution is -2.15. The molecule has 2 aromatic rings. The molecule has 86 valence electrons. The van der Waals surface area contributed by atoms with Crippen LogP contribution in [0.1, 0.15) is 18.4 Å². The Labute approximate surface area is 101 Å². The standard InChI is InChI=1S/C14H15N3/c1-2-6-16-14(3-1)12-7-11(8-15-10-12)9-17-13-4-5-13/h1-3,6-8,10,13,17H,4-5,9H2. The lowest BCUT2D eigenvalue weighted by atomic mass is 10.1. The van der Waals surface area contributed by atoms with E-state index in [1.165, 1.54) is 18.4 Å². The summed E-state index contributed by atoms with van der Waals surface area (Å²) in [6, 6.07) is 8.82. The van der Waals surface area contributed by atoms with Crippen LogP contribution in [0.2, 0.25) is 0 Å². The van der Waals surface area contributed by atoms with E-state index in [4.69, 9.17) is 0 Å². The monoisotopic (exact) mass is 225 g/mol. The second-order valence-corrected chi connectivity index (χ2v) is 4.45. The Bertz CT molecular complexity index is 492. The maximum absolute atomic E-state index is 4.34. The molecule has 17 heavy (non-hydrogen) atoms. The van der Waals surface area contributed by atoms with Gasteiger partial charge in [-0.05, 0) is 36.6 Å². The van der Waals surface area contributed by atoms with Crippen molar-refractivity contribution in [2.24, 2.45) is 0 Å². The van der Waals surface area contributed by atoms with E-state index in [9.17, 15) is 0 Å². The molecule has 1 aliphatic carbocycles. The van der Waals surface area contributed by atoms with Gasteiger partial charge in [-0.25, -0.2) is 0 Å². The molecule has 0 bridgehead atoms. The van der Waals surface area contributed by atoms with Crippen molar-refractivity contribution in [1.29, 1.82) is 0 Å². The summed E-state index contributed by atoms with van der Waals surface area (Å²) in [4.78, 5) is 8.62. The maximum atomic E-state index is 4.34. The van der Waals surface area contributed by atoms with E-state index in [1.54, 1.807) is 0 Å². The molecule has 1 aliphatic rings. The zero-order valence-corrected chi connectivity index (χ0v) is 9.63. The van der Waals surface area contributed by atoms with Gasteiger partial charge in [0.1, 0.15) is 0 Å². The molecule has 1 saturated carbocycles. The van der Waals surface area contributed by atoms with Gasteiger partial charge in [0.15, 0.2) is 0 Å². The lowest BCUT2D eigenvalue weighted by Gasteiger charge is -2.05. The molecule has 3 heteroatoms. The number of hydrogen-bond donors (Lipinski definition) is 1. The minimum absolute atomic E-state index is 0.730. The molecule has 1 fully saturated rings. The number of rotatable bonds is 4. The summed E-state index contributed by atoms with van der Waals surface area (Å²) in [7, 11) is 0. The topological polar surface area (TPSA) is 37.8 Å². The van der Waals surface area contributed by atoms with Gasteiger partial charge in [-0.15, -0.1) is 0 Å². The van der Waals surface area contributed by atoms with E-state index in [1.807, 2.05) is 36.8 Å². The van der Waals surface area contributed by atoms with Crippen molar-refractivity contribution in [2.45, 2.75) is 25.4 Å². The summed E-state index contributed by atoms with van der Waals surface area (Å²) in [5.41, 5.74) is 3.29. The molecule has 1 N–H and O–H groups in total. The summed E-state index contributed by atoms with van der Waals surface area (Å²) >= 11 is 0. The van der Waals surface area contributed by atoms with Gasteiger partial charge in [0.25, 0.3) is 0 Å². The van der Waals surface area contributed by atoms with Crippen LogP contribution in [0.3, 0.4) is 0 Å². The molecule has 2 aromatic heterocycles. The predicted octanol–water partition coefficient (Wildman–Crippen LogP) is 2.40. The van der Waals surface area contributed by atoms with Gasteiger partial charge >= 0.3 is 0 Å². The van der Waals surface area contributed by atoms with Crippen molar-refractivity contribution in [3.63, 3.8) is 0 Å². The van der Waals surface area contributed by atoms with Crippen LogP contribution in [0.4, 0.5) is 0 Å². The minimum Gasteiger partial charge on any atom is -0.310 e. The van der Waals surface area contributed by atoms with Crippen molar-refractivity contribution >= 4 is 0 Å². The second kappa shape index (κ2) is 4.63. The van der Waals surface area contributed by atoms with E-state index < -0.39 is 0 Å². The van der Waals surface area contributed by atoms with Crippen LogP contribution < -0.4 is 5.32 Å². The Hall–Kier alpha value is -1.74. The zero-order valence-electron chi connectivity index (χ0n) is 9.63. The third-order valence-electron chi connectivity index (χ3n) is 2.93. The smallest absolute Gasteiger partial charge is 0.0717 e. The van der Waals surface area contributed by atoms with Gasteiger partial charge in [-0.2, -0.15) is 0 Å². The number of aromatic nitrogens is 2. The molecule has 0 atom stereocenters. The molecular formula is C14H15N3. The summed E-state index contributed by atoms with van der Waals surface area (Å²) in [5.74, 6) is 0. The van der Waals surface area contributed by atoms with Crippen LogP contribution >= 0.6 is 0 Å². The van der Waals surface area contributed by atoms with Crippen LogP contribution in [0.5, 0.6) is 0 Å². The summed E-state index contributed by atoms with van der Waals surface area (Å²) in [5, 5.41) is 3.49. The van der Waals surface area contributed by atoms with Crippen molar-refractivity contribution in [3.8, 4) is 11.3 Å². The van der Waals surface area contributed by atoms with Gasteiger partial charge < -0.3 is 5.32 Å². The fourth-order valence-electron chi connectivity index (χ4n) is 1.81. The summed E-state index contributed by atoms with van der Waals surface area (Å²) < 4.78 is 0. The van der Waals surface area contributed by atoms with Crippen molar-refractivity contribution in [1.82, 2.24) is 15.3 Å². The lowest BCUT2D eigenvalue weighted by molar-refractivity contribution is 0.686. The van der Waals surface area contributed by atoms with Crippen LogP contribution in [-0.4, -0.2) is 16.0 Å².